The van der Waals surface area contributed by atoms with E-state index >= 15 is 0 Å². The van der Waals surface area contributed by atoms with Crippen molar-refractivity contribution in [2.24, 2.45) is 0 Å². The standard InChI is InChI=1S/C18H19N3/c1-20(18-12-21(13-18)14-19)11-15-7-9-17(10-8-15)16-5-3-2-4-6-16/h2-10,18H,11-13H2,1H3. The van der Waals surface area contributed by atoms with Gasteiger partial charge in [-0.2, -0.15) is 5.26 Å². The van der Waals surface area contributed by atoms with Gasteiger partial charge in [-0.3, -0.25) is 4.90 Å². The van der Waals surface area contributed by atoms with E-state index < -0.39 is 0 Å². The van der Waals surface area contributed by atoms with Crippen molar-refractivity contribution in [3.05, 3.63) is 60.2 Å². The summed E-state index contributed by atoms with van der Waals surface area (Å²) in [6, 6.07) is 19.7. The average molecular weight is 277 g/mol. The zero-order chi connectivity index (χ0) is 14.7. The first-order chi connectivity index (χ1) is 10.3. The summed E-state index contributed by atoms with van der Waals surface area (Å²) in [5.74, 6) is 0. The Morgan fingerprint density at radius 1 is 1.05 bits per heavy atom. The molecule has 0 spiro atoms. The Morgan fingerprint density at radius 3 is 2.29 bits per heavy atom. The summed E-state index contributed by atoms with van der Waals surface area (Å²) in [5.41, 5.74) is 3.81. The zero-order valence-corrected chi connectivity index (χ0v) is 12.2. The number of likely N-dealkylation sites (N-methyl/N-ethyl adjacent to an activating group) is 1. The summed E-state index contributed by atoms with van der Waals surface area (Å²) in [7, 11) is 2.13. The van der Waals surface area contributed by atoms with Gasteiger partial charge in [-0.1, -0.05) is 54.6 Å². The molecule has 2 aromatic rings. The second-order valence-corrected chi connectivity index (χ2v) is 5.64. The van der Waals surface area contributed by atoms with Gasteiger partial charge in [0.05, 0.1) is 0 Å². The van der Waals surface area contributed by atoms with Gasteiger partial charge < -0.3 is 4.90 Å². The molecule has 0 amide bonds. The largest absolute Gasteiger partial charge is 0.307 e. The monoisotopic (exact) mass is 277 g/mol. The molecule has 106 valence electrons. The van der Waals surface area contributed by atoms with E-state index in [1.807, 2.05) is 6.07 Å². The molecule has 0 aliphatic carbocycles. The van der Waals surface area contributed by atoms with E-state index in [-0.39, 0.29) is 0 Å². The highest BCUT2D eigenvalue weighted by Crippen LogP contribution is 2.20. The molecule has 1 aliphatic rings. The van der Waals surface area contributed by atoms with Crippen LogP contribution in [-0.2, 0) is 6.54 Å². The maximum absolute atomic E-state index is 8.77. The first-order valence-corrected chi connectivity index (χ1v) is 7.25. The van der Waals surface area contributed by atoms with E-state index in [4.69, 9.17) is 5.26 Å². The fraction of sp³-hybridized carbons (Fsp3) is 0.278. The van der Waals surface area contributed by atoms with Gasteiger partial charge in [0, 0.05) is 25.7 Å². The number of nitriles is 1. The van der Waals surface area contributed by atoms with Crippen molar-refractivity contribution in [3.8, 4) is 17.3 Å². The number of hydrogen-bond acceptors (Lipinski definition) is 3. The summed E-state index contributed by atoms with van der Waals surface area (Å²) in [4.78, 5) is 4.12. The second-order valence-electron chi connectivity index (χ2n) is 5.64. The number of nitrogens with zero attached hydrogens (tertiary/aromatic N) is 3. The van der Waals surface area contributed by atoms with Crippen LogP contribution in [0.15, 0.2) is 54.6 Å². The molecule has 0 atom stereocenters. The van der Waals surface area contributed by atoms with Gasteiger partial charge in [-0.05, 0) is 23.7 Å². The van der Waals surface area contributed by atoms with Gasteiger partial charge in [0.1, 0.15) is 0 Å². The van der Waals surface area contributed by atoms with Gasteiger partial charge >= 0.3 is 0 Å². The number of benzene rings is 2. The highest BCUT2D eigenvalue weighted by molar-refractivity contribution is 5.63. The molecule has 3 heteroatoms. The minimum atomic E-state index is 0.499. The van der Waals surface area contributed by atoms with E-state index in [9.17, 15) is 0 Å². The molecule has 1 heterocycles. The van der Waals surface area contributed by atoms with Crippen LogP contribution >= 0.6 is 0 Å². The van der Waals surface area contributed by atoms with Crippen molar-refractivity contribution in [2.45, 2.75) is 12.6 Å². The molecule has 0 N–H and O–H groups in total. The first kappa shape index (κ1) is 13.7. The SMILES string of the molecule is CN(Cc1ccc(-c2ccccc2)cc1)C1CN(C#N)C1. The van der Waals surface area contributed by atoms with Crippen molar-refractivity contribution in [1.82, 2.24) is 9.80 Å². The lowest BCUT2D eigenvalue weighted by molar-refractivity contribution is 0.0875. The fourth-order valence-corrected chi connectivity index (χ4v) is 2.67. The van der Waals surface area contributed by atoms with E-state index in [0.29, 0.717) is 6.04 Å². The lowest BCUT2D eigenvalue weighted by Gasteiger charge is -2.40. The highest BCUT2D eigenvalue weighted by atomic mass is 15.3. The maximum Gasteiger partial charge on any atom is 0.179 e. The van der Waals surface area contributed by atoms with E-state index in [1.165, 1.54) is 16.7 Å². The van der Waals surface area contributed by atoms with E-state index in [1.54, 1.807) is 4.90 Å². The Labute approximate surface area is 126 Å². The fourth-order valence-electron chi connectivity index (χ4n) is 2.67. The van der Waals surface area contributed by atoms with Crippen LogP contribution in [0.2, 0.25) is 0 Å². The summed E-state index contributed by atoms with van der Waals surface area (Å²) >= 11 is 0. The maximum atomic E-state index is 8.77. The molecule has 0 bridgehead atoms. The smallest absolute Gasteiger partial charge is 0.179 e. The lowest BCUT2D eigenvalue weighted by Crippen LogP contribution is -2.55. The van der Waals surface area contributed by atoms with Crippen LogP contribution in [0.4, 0.5) is 0 Å². The van der Waals surface area contributed by atoms with Crippen LogP contribution in [-0.4, -0.2) is 36.0 Å². The Kier molecular flexibility index (Phi) is 3.89. The van der Waals surface area contributed by atoms with E-state index in [2.05, 4.69) is 66.7 Å². The van der Waals surface area contributed by atoms with Crippen LogP contribution in [0.5, 0.6) is 0 Å². The molecule has 3 nitrogen and oxygen atoms in total. The lowest BCUT2D eigenvalue weighted by atomic mass is 10.0. The molecule has 1 aliphatic heterocycles. The molecule has 0 radical (unpaired) electrons. The average Bonchev–Trinajstić information content (AvgIpc) is 2.48. The molecular formula is C18H19N3. The topological polar surface area (TPSA) is 30.3 Å². The summed E-state index contributed by atoms with van der Waals surface area (Å²) in [6.45, 7) is 2.64. The predicted molar refractivity (Wildman–Crippen MR) is 84.3 cm³/mol. The van der Waals surface area contributed by atoms with Crippen molar-refractivity contribution in [3.63, 3.8) is 0 Å². The molecule has 21 heavy (non-hydrogen) atoms. The summed E-state index contributed by atoms with van der Waals surface area (Å²) < 4.78 is 0. The van der Waals surface area contributed by atoms with Crippen molar-refractivity contribution in [1.29, 1.82) is 5.26 Å². The van der Waals surface area contributed by atoms with Crippen LogP contribution in [0, 0.1) is 11.5 Å². The molecule has 1 fully saturated rings. The van der Waals surface area contributed by atoms with Crippen LogP contribution in [0.25, 0.3) is 11.1 Å². The Morgan fingerprint density at radius 2 is 1.67 bits per heavy atom. The Balaban J connectivity index is 1.61. The summed E-state index contributed by atoms with van der Waals surface area (Å²) in [5, 5.41) is 8.77. The molecule has 0 aromatic heterocycles. The molecule has 2 aromatic carbocycles. The third-order valence-corrected chi connectivity index (χ3v) is 4.12. The quantitative estimate of drug-likeness (QED) is 0.805. The van der Waals surface area contributed by atoms with Gasteiger partial charge in [-0.25, -0.2) is 0 Å². The van der Waals surface area contributed by atoms with Crippen molar-refractivity contribution < 1.29 is 0 Å². The van der Waals surface area contributed by atoms with Gasteiger partial charge in [0.2, 0.25) is 0 Å². The van der Waals surface area contributed by atoms with Gasteiger partial charge in [0.25, 0.3) is 0 Å². The number of hydrogen-bond donors (Lipinski definition) is 0. The summed E-state index contributed by atoms with van der Waals surface area (Å²) in [6.07, 6.45) is 2.18. The minimum absolute atomic E-state index is 0.499. The Bertz CT molecular complexity index is 622. The van der Waals surface area contributed by atoms with Crippen LogP contribution in [0.1, 0.15) is 5.56 Å². The Hall–Kier alpha value is -2.31. The van der Waals surface area contributed by atoms with Crippen LogP contribution < -0.4 is 0 Å². The van der Waals surface area contributed by atoms with Gasteiger partial charge in [-0.15, -0.1) is 0 Å². The number of likely N-dealkylation sites (tertiary alicyclic amines) is 1. The van der Waals surface area contributed by atoms with E-state index in [0.717, 1.165) is 19.6 Å². The zero-order valence-electron chi connectivity index (χ0n) is 12.2. The van der Waals surface area contributed by atoms with Gasteiger partial charge in [0.15, 0.2) is 6.19 Å². The first-order valence-electron chi connectivity index (χ1n) is 7.25. The molecule has 0 unspecified atom stereocenters. The van der Waals surface area contributed by atoms with Crippen molar-refractivity contribution in [2.75, 3.05) is 20.1 Å². The number of rotatable bonds is 4. The minimum Gasteiger partial charge on any atom is -0.307 e. The molecule has 3 rings (SSSR count). The third kappa shape index (κ3) is 3.07. The van der Waals surface area contributed by atoms with Crippen LogP contribution in [0.3, 0.4) is 0 Å². The second kappa shape index (κ2) is 5.99. The van der Waals surface area contributed by atoms with Crippen molar-refractivity contribution >= 4 is 0 Å². The molecule has 0 saturated carbocycles. The third-order valence-electron chi connectivity index (χ3n) is 4.12. The normalized spacial score (nSPS) is 14.8. The highest BCUT2D eigenvalue weighted by Gasteiger charge is 2.28. The predicted octanol–water partition coefficient (Wildman–Crippen LogP) is 2.95. The molecule has 1 saturated heterocycles. The molecular weight excluding hydrogens is 258 g/mol.